The fraction of sp³-hybridized carbons (Fsp3) is 0.130. The third kappa shape index (κ3) is 3.56. The molecular weight excluding hydrogens is 373 g/mol. The Morgan fingerprint density at radius 1 is 1.00 bits per heavy atom. The molecule has 0 amide bonds. The van der Waals surface area contributed by atoms with Crippen LogP contribution in [0.2, 0.25) is 5.02 Å². The molecule has 0 aliphatic rings. The molecule has 1 unspecified atom stereocenters. The van der Waals surface area contributed by atoms with Gasteiger partial charge in [-0.15, -0.1) is 0 Å². The predicted octanol–water partition coefficient (Wildman–Crippen LogP) is 6.57. The lowest BCUT2D eigenvalue weighted by Gasteiger charge is -2.19. The van der Waals surface area contributed by atoms with Gasteiger partial charge in [0.1, 0.15) is 5.82 Å². The Labute approximate surface area is 168 Å². The SMILES string of the molecule is Cc1cncc(-c2ccc(F)c(C(C)Nc3c(Cl)cnc4ccccc34)c2)c1. The van der Waals surface area contributed by atoms with Crippen LogP contribution < -0.4 is 5.32 Å². The van der Waals surface area contributed by atoms with E-state index in [1.165, 1.54) is 6.07 Å². The van der Waals surface area contributed by atoms with Crippen LogP contribution in [0.4, 0.5) is 10.1 Å². The zero-order valence-corrected chi connectivity index (χ0v) is 16.3. The van der Waals surface area contributed by atoms with Crippen molar-refractivity contribution in [2.24, 2.45) is 0 Å². The van der Waals surface area contributed by atoms with Gasteiger partial charge < -0.3 is 5.32 Å². The van der Waals surface area contributed by atoms with Gasteiger partial charge in [0.05, 0.1) is 22.3 Å². The monoisotopic (exact) mass is 391 g/mol. The third-order valence-electron chi connectivity index (χ3n) is 4.76. The van der Waals surface area contributed by atoms with E-state index >= 15 is 0 Å². The number of anilines is 1. The van der Waals surface area contributed by atoms with Gasteiger partial charge in [-0.3, -0.25) is 9.97 Å². The summed E-state index contributed by atoms with van der Waals surface area (Å²) < 4.78 is 14.6. The minimum Gasteiger partial charge on any atom is -0.377 e. The van der Waals surface area contributed by atoms with E-state index in [1.54, 1.807) is 24.7 Å². The molecule has 4 aromatic rings. The summed E-state index contributed by atoms with van der Waals surface area (Å²) >= 11 is 6.39. The summed E-state index contributed by atoms with van der Waals surface area (Å²) in [4.78, 5) is 8.59. The van der Waals surface area contributed by atoms with Crippen molar-refractivity contribution in [1.82, 2.24) is 9.97 Å². The first kappa shape index (κ1) is 18.4. The molecule has 4 rings (SSSR count). The molecule has 0 saturated heterocycles. The van der Waals surface area contributed by atoms with Gasteiger partial charge in [-0.2, -0.15) is 0 Å². The topological polar surface area (TPSA) is 37.8 Å². The molecule has 5 heteroatoms. The van der Waals surface area contributed by atoms with Crippen molar-refractivity contribution in [3.05, 3.63) is 89.1 Å². The highest BCUT2D eigenvalue weighted by atomic mass is 35.5. The van der Waals surface area contributed by atoms with E-state index in [-0.39, 0.29) is 11.9 Å². The highest BCUT2D eigenvalue weighted by molar-refractivity contribution is 6.34. The molecule has 0 aliphatic carbocycles. The summed E-state index contributed by atoms with van der Waals surface area (Å²) in [7, 11) is 0. The Balaban J connectivity index is 1.72. The van der Waals surface area contributed by atoms with Crippen molar-refractivity contribution < 1.29 is 4.39 Å². The van der Waals surface area contributed by atoms with Crippen LogP contribution in [0.25, 0.3) is 22.0 Å². The second-order valence-corrected chi connectivity index (χ2v) is 7.26. The maximum Gasteiger partial charge on any atom is 0.128 e. The molecule has 0 bridgehead atoms. The summed E-state index contributed by atoms with van der Waals surface area (Å²) in [6.07, 6.45) is 5.20. The number of fused-ring (bicyclic) bond motifs is 1. The maximum absolute atomic E-state index is 14.6. The molecule has 0 saturated carbocycles. The fourth-order valence-corrected chi connectivity index (χ4v) is 3.53. The number of aryl methyl sites for hydroxylation is 1. The molecule has 0 aliphatic heterocycles. The summed E-state index contributed by atoms with van der Waals surface area (Å²) in [6, 6.07) is 14.6. The molecule has 0 fully saturated rings. The smallest absolute Gasteiger partial charge is 0.128 e. The lowest BCUT2D eigenvalue weighted by Crippen LogP contribution is -2.10. The molecule has 3 nitrogen and oxygen atoms in total. The molecule has 2 heterocycles. The number of hydrogen-bond acceptors (Lipinski definition) is 3. The largest absolute Gasteiger partial charge is 0.377 e. The minimum absolute atomic E-state index is 0.265. The summed E-state index contributed by atoms with van der Waals surface area (Å²) in [6.45, 7) is 3.91. The van der Waals surface area contributed by atoms with Crippen LogP contribution in [0.1, 0.15) is 24.1 Å². The van der Waals surface area contributed by atoms with E-state index in [4.69, 9.17) is 11.6 Å². The van der Waals surface area contributed by atoms with Crippen molar-refractivity contribution in [2.45, 2.75) is 19.9 Å². The van der Waals surface area contributed by atoms with E-state index in [1.807, 2.05) is 50.2 Å². The van der Waals surface area contributed by atoms with Gasteiger partial charge in [-0.1, -0.05) is 35.9 Å². The van der Waals surface area contributed by atoms with Gasteiger partial charge in [0.25, 0.3) is 0 Å². The number of pyridine rings is 2. The van der Waals surface area contributed by atoms with Gasteiger partial charge in [0.15, 0.2) is 0 Å². The average molecular weight is 392 g/mol. The number of nitrogens with one attached hydrogen (secondary N) is 1. The van der Waals surface area contributed by atoms with Crippen LogP contribution in [0.5, 0.6) is 0 Å². The van der Waals surface area contributed by atoms with Gasteiger partial charge in [0.2, 0.25) is 0 Å². The third-order valence-corrected chi connectivity index (χ3v) is 5.05. The number of aromatic nitrogens is 2. The van der Waals surface area contributed by atoms with Crippen molar-refractivity contribution in [1.29, 1.82) is 0 Å². The Morgan fingerprint density at radius 2 is 1.82 bits per heavy atom. The van der Waals surface area contributed by atoms with Crippen LogP contribution >= 0.6 is 11.6 Å². The second kappa shape index (κ2) is 7.56. The first-order valence-corrected chi connectivity index (χ1v) is 9.42. The van der Waals surface area contributed by atoms with Crippen molar-refractivity contribution in [2.75, 3.05) is 5.32 Å². The van der Waals surface area contributed by atoms with E-state index in [9.17, 15) is 4.39 Å². The molecule has 140 valence electrons. The number of hydrogen-bond donors (Lipinski definition) is 1. The number of para-hydroxylation sites is 1. The number of rotatable bonds is 4. The van der Waals surface area contributed by atoms with Crippen LogP contribution in [0.15, 0.2) is 67.1 Å². The molecular formula is C23H19ClFN3. The van der Waals surface area contributed by atoms with E-state index < -0.39 is 0 Å². The maximum atomic E-state index is 14.6. The lowest BCUT2D eigenvalue weighted by atomic mass is 9.99. The van der Waals surface area contributed by atoms with Gasteiger partial charge >= 0.3 is 0 Å². The summed E-state index contributed by atoms with van der Waals surface area (Å²) in [5.74, 6) is -0.265. The molecule has 28 heavy (non-hydrogen) atoms. The number of halogens is 2. The Morgan fingerprint density at radius 3 is 2.64 bits per heavy atom. The first-order valence-electron chi connectivity index (χ1n) is 9.04. The average Bonchev–Trinajstić information content (AvgIpc) is 2.70. The molecule has 0 spiro atoms. The quantitative estimate of drug-likeness (QED) is 0.427. The summed E-state index contributed by atoms with van der Waals surface area (Å²) in [5.41, 5.74) is 5.09. The Hall–Kier alpha value is -2.98. The van der Waals surface area contributed by atoms with Crippen LogP contribution in [-0.4, -0.2) is 9.97 Å². The zero-order chi connectivity index (χ0) is 19.7. The molecule has 2 aromatic carbocycles. The summed E-state index contributed by atoms with van der Waals surface area (Å²) in [5, 5.41) is 4.78. The van der Waals surface area contributed by atoms with Gasteiger partial charge in [-0.05, 0) is 49.2 Å². The van der Waals surface area contributed by atoms with E-state index in [0.717, 1.165) is 33.3 Å². The van der Waals surface area contributed by atoms with Crippen LogP contribution in [0.3, 0.4) is 0 Å². The molecule has 1 atom stereocenters. The Bertz CT molecular complexity index is 1160. The normalized spacial score (nSPS) is 12.1. The highest BCUT2D eigenvalue weighted by Gasteiger charge is 2.16. The van der Waals surface area contributed by atoms with Crippen LogP contribution in [-0.2, 0) is 0 Å². The van der Waals surface area contributed by atoms with E-state index in [2.05, 4.69) is 15.3 Å². The van der Waals surface area contributed by atoms with E-state index in [0.29, 0.717) is 10.6 Å². The fourth-order valence-electron chi connectivity index (χ4n) is 3.33. The first-order chi connectivity index (χ1) is 13.5. The highest BCUT2D eigenvalue weighted by Crippen LogP contribution is 2.34. The minimum atomic E-state index is -0.291. The lowest BCUT2D eigenvalue weighted by molar-refractivity contribution is 0.600. The molecule has 0 radical (unpaired) electrons. The standard InChI is InChI=1S/C23H19ClFN3/c1-14-9-17(12-26-11-14)16-7-8-21(25)19(10-16)15(2)28-23-18-5-3-4-6-22(18)27-13-20(23)24/h3-13,15H,1-2H3,(H,27,28). The second-order valence-electron chi connectivity index (χ2n) is 6.85. The van der Waals surface area contributed by atoms with Crippen molar-refractivity contribution in [3.8, 4) is 11.1 Å². The zero-order valence-electron chi connectivity index (χ0n) is 15.6. The molecule has 2 aromatic heterocycles. The number of benzene rings is 2. The Kier molecular flexibility index (Phi) is 4.97. The number of nitrogens with zero attached hydrogens (tertiary/aromatic N) is 2. The van der Waals surface area contributed by atoms with Crippen molar-refractivity contribution >= 4 is 28.2 Å². The van der Waals surface area contributed by atoms with Gasteiger partial charge in [0, 0.05) is 35.1 Å². The molecule has 1 N–H and O–H groups in total. The van der Waals surface area contributed by atoms with Crippen LogP contribution in [0, 0.1) is 12.7 Å². The predicted molar refractivity (Wildman–Crippen MR) is 113 cm³/mol. The van der Waals surface area contributed by atoms with Gasteiger partial charge in [-0.25, -0.2) is 4.39 Å². The van der Waals surface area contributed by atoms with Crippen molar-refractivity contribution in [3.63, 3.8) is 0 Å².